The summed E-state index contributed by atoms with van der Waals surface area (Å²) in [5, 5.41) is 27.9. The average Bonchev–Trinajstić information content (AvgIpc) is 2.58. The lowest BCUT2D eigenvalue weighted by molar-refractivity contribution is -0.146. The molecule has 0 saturated carbocycles. The van der Waals surface area contributed by atoms with Crippen LogP contribution < -0.4 is 9.47 Å². The summed E-state index contributed by atoms with van der Waals surface area (Å²) in [7, 11) is 0. The summed E-state index contributed by atoms with van der Waals surface area (Å²) >= 11 is 0. The number of aliphatic hydroxyl groups is 2. The van der Waals surface area contributed by atoms with Crippen molar-refractivity contribution in [3.05, 3.63) is 60.2 Å². The highest BCUT2D eigenvalue weighted by atomic mass is 16.5. The van der Waals surface area contributed by atoms with Gasteiger partial charge in [-0.15, -0.1) is 0 Å². The lowest BCUT2D eigenvalue weighted by atomic mass is 10.1. The number of hydrogen-bond acceptors (Lipinski definition) is 5. The standard InChI is InChI=1S/C17H18O6/c18-13(10-22-14-4-2-1-3-5-14)11-23-15-8-6-12(7-9-15)16(19)17(20)21/h1-9,13,16,18-19H,10-11H2,(H,20,21)/t13?,16-/m1/s1. The molecule has 6 nitrogen and oxygen atoms in total. The van der Waals surface area contributed by atoms with Gasteiger partial charge >= 0.3 is 5.97 Å². The van der Waals surface area contributed by atoms with Crippen LogP contribution in [0.1, 0.15) is 11.7 Å². The minimum Gasteiger partial charge on any atom is -0.491 e. The molecule has 0 aliphatic carbocycles. The van der Waals surface area contributed by atoms with Crippen molar-refractivity contribution in [3.63, 3.8) is 0 Å². The third-order valence-corrected chi connectivity index (χ3v) is 3.06. The maximum Gasteiger partial charge on any atom is 0.337 e. The SMILES string of the molecule is O=C(O)[C@H](O)c1ccc(OCC(O)COc2ccccc2)cc1. The van der Waals surface area contributed by atoms with Gasteiger partial charge in [-0.3, -0.25) is 0 Å². The van der Waals surface area contributed by atoms with Crippen LogP contribution in [0.15, 0.2) is 54.6 Å². The van der Waals surface area contributed by atoms with E-state index in [-0.39, 0.29) is 18.8 Å². The van der Waals surface area contributed by atoms with Crippen LogP contribution in [0.4, 0.5) is 0 Å². The smallest absolute Gasteiger partial charge is 0.337 e. The fourth-order valence-corrected chi connectivity index (χ4v) is 1.84. The highest BCUT2D eigenvalue weighted by molar-refractivity contribution is 5.74. The predicted octanol–water partition coefficient (Wildman–Crippen LogP) is 1.62. The third-order valence-electron chi connectivity index (χ3n) is 3.06. The molecule has 0 saturated heterocycles. The molecular formula is C17H18O6. The molecule has 0 aromatic heterocycles. The van der Waals surface area contributed by atoms with Crippen molar-refractivity contribution < 1.29 is 29.6 Å². The summed E-state index contributed by atoms with van der Waals surface area (Å²) in [6.07, 6.45) is -2.37. The number of ether oxygens (including phenoxy) is 2. The van der Waals surface area contributed by atoms with Gasteiger partial charge in [0.1, 0.15) is 30.8 Å². The summed E-state index contributed by atoms with van der Waals surface area (Å²) in [6, 6.07) is 15.1. The van der Waals surface area contributed by atoms with E-state index in [1.807, 2.05) is 18.2 Å². The topological polar surface area (TPSA) is 96.2 Å². The molecule has 0 bridgehead atoms. The number of carboxylic acids is 1. The molecule has 0 fully saturated rings. The van der Waals surface area contributed by atoms with Crippen molar-refractivity contribution in [3.8, 4) is 11.5 Å². The summed E-state index contributed by atoms with van der Waals surface area (Å²) in [4.78, 5) is 10.7. The van der Waals surface area contributed by atoms with E-state index in [0.29, 0.717) is 11.5 Å². The highest BCUT2D eigenvalue weighted by Crippen LogP contribution is 2.18. The number of carbonyl (C=O) groups is 1. The minimum atomic E-state index is -1.56. The van der Waals surface area contributed by atoms with Gasteiger partial charge in [-0.2, -0.15) is 0 Å². The second-order valence-electron chi connectivity index (χ2n) is 4.90. The summed E-state index contributed by atoms with van der Waals surface area (Å²) < 4.78 is 10.8. The van der Waals surface area contributed by atoms with E-state index in [1.54, 1.807) is 12.1 Å². The molecular weight excluding hydrogens is 300 g/mol. The molecule has 0 radical (unpaired) electrons. The van der Waals surface area contributed by atoms with E-state index in [9.17, 15) is 15.0 Å². The molecule has 2 aromatic carbocycles. The van der Waals surface area contributed by atoms with Crippen LogP contribution in [-0.2, 0) is 4.79 Å². The number of para-hydroxylation sites is 1. The van der Waals surface area contributed by atoms with E-state index in [1.165, 1.54) is 24.3 Å². The van der Waals surface area contributed by atoms with Crippen LogP contribution in [0.3, 0.4) is 0 Å². The number of rotatable bonds is 8. The second kappa shape index (κ2) is 8.17. The van der Waals surface area contributed by atoms with Crippen molar-refractivity contribution in [2.24, 2.45) is 0 Å². The lowest BCUT2D eigenvalue weighted by Crippen LogP contribution is -2.25. The van der Waals surface area contributed by atoms with Crippen LogP contribution in [0, 0.1) is 0 Å². The van der Waals surface area contributed by atoms with E-state index in [0.717, 1.165) is 0 Å². The first kappa shape index (κ1) is 16.8. The summed E-state index contributed by atoms with van der Waals surface area (Å²) in [5.41, 5.74) is 0.262. The van der Waals surface area contributed by atoms with Gasteiger partial charge in [0.15, 0.2) is 6.10 Å². The molecule has 1 unspecified atom stereocenters. The minimum absolute atomic E-state index is 0.0354. The van der Waals surface area contributed by atoms with E-state index >= 15 is 0 Å². The number of benzene rings is 2. The Morgan fingerprint density at radius 2 is 1.39 bits per heavy atom. The van der Waals surface area contributed by atoms with Crippen LogP contribution in [0.5, 0.6) is 11.5 Å². The van der Waals surface area contributed by atoms with Gasteiger partial charge in [0.25, 0.3) is 0 Å². The van der Waals surface area contributed by atoms with Crippen LogP contribution in [-0.4, -0.2) is 40.6 Å². The first-order valence-corrected chi connectivity index (χ1v) is 7.06. The fraction of sp³-hybridized carbons (Fsp3) is 0.235. The fourth-order valence-electron chi connectivity index (χ4n) is 1.84. The van der Waals surface area contributed by atoms with Crippen LogP contribution >= 0.6 is 0 Å². The van der Waals surface area contributed by atoms with Crippen molar-refractivity contribution in [1.82, 2.24) is 0 Å². The molecule has 0 heterocycles. The Morgan fingerprint density at radius 1 is 0.870 bits per heavy atom. The van der Waals surface area contributed by atoms with Crippen LogP contribution in [0.25, 0.3) is 0 Å². The summed E-state index contributed by atoms with van der Waals surface area (Å²) in [6.45, 7) is 0.132. The molecule has 2 atom stereocenters. The molecule has 0 spiro atoms. The first-order valence-electron chi connectivity index (χ1n) is 7.06. The molecule has 0 aliphatic rings. The Kier molecular flexibility index (Phi) is 5.96. The Morgan fingerprint density at radius 3 is 1.91 bits per heavy atom. The van der Waals surface area contributed by atoms with Gasteiger partial charge in [-0.25, -0.2) is 4.79 Å². The van der Waals surface area contributed by atoms with E-state index in [4.69, 9.17) is 14.6 Å². The van der Waals surface area contributed by atoms with Gasteiger partial charge in [0.05, 0.1) is 0 Å². The lowest BCUT2D eigenvalue weighted by Gasteiger charge is -2.14. The zero-order valence-electron chi connectivity index (χ0n) is 12.3. The maximum atomic E-state index is 10.7. The molecule has 0 amide bonds. The normalized spacial score (nSPS) is 13.1. The Hall–Kier alpha value is -2.57. The Labute approximate surface area is 133 Å². The van der Waals surface area contributed by atoms with Crippen molar-refractivity contribution in [2.75, 3.05) is 13.2 Å². The van der Waals surface area contributed by atoms with Gasteiger partial charge in [-0.05, 0) is 29.8 Å². The second-order valence-corrected chi connectivity index (χ2v) is 4.90. The maximum absolute atomic E-state index is 10.7. The molecule has 0 aliphatic heterocycles. The number of carboxylic acid groups (broad SMARTS) is 1. The molecule has 6 heteroatoms. The van der Waals surface area contributed by atoms with Gasteiger partial charge < -0.3 is 24.8 Å². The Balaban J connectivity index is 1.78. The molecule has 2 aromatic rings. The molecule has 23 heavy (non-hydrogen) atoms. The Bertz CT molecular complexity index is 611. The molecule has 122 valence electrons. The van der Waals surface area contributed by atoms with Crippen molar-refractivity contribution in [2.45, 2.75) is 12.2 Å². The number of hydrogen-bond donors (Lipinski definition) is 3. The first-order chi connectivity index (χ1) is 11.1. The van der Waals surface area contributed by atoms with Crippen LogP contribution in [0.2, 0.25) is 0 Å². The highest BCUT2D eigenvalue weighted by Gasteiger charge is 2.15. The van der Waals surface area contributed by atoms with Gasteiger partial charge in [0, 0.05) is 0 Å². The van der Waals surface area contributed by atoms with Crippen molar-refractivity contribution in [1.29, 1.82) is 0 Å². The molecule has 3 N–H and O–H groups in total. The largest absolute Gasteiger partial charge is 0.491 e. The summed E-state index contributed by atoms with van der Waals surface area (Å²) in [5.74, 6) is -0.184. The van der Waals surface area contributed by atoms with Gasteiger partial charge in [-0.1, -0.05) is 30.3 Å². The zero-order valence-corrected chi connectivity index (χ0v) is 12.3. The van der Waals surface area contributed by atoms with E-state index < -0.39 is 18.2 Å². The predicted molar refractivity (Wildman–Crippen MR) is 82.5 cm³/mol. The van der Waals surface area contributed by atoms with Gasteiger partial charge in [0.2, 0.25) is 0 Å². The average molecular weight is 318 g/mol. The van der Waals surface area contributed by atoms with Crippen molar-refractivity contribution >= 4 is 5.97 Å². The monoisotopic (exact) mass is 318 g/mol. The number of aliphatic carboxylic acids is 1. The molecule has 2 rings (SSSR count). The third kappa shape index (κ3) is 5.28. The number of aliphatic hydroxyl groups excluding tert-OH is 2. The quantitative estimate of drug-likeness (QED) is 0.684. The van der Waals surface area contributed by atoms with E-state index in [2.05, 4.69) is 0 Å². The zero-order chi connectivity index (χ0) is 16.7.